The van der Waals surface area contributed by atoms with Crippen molar-refractivity contribution in [3.63, 3.8) is 0 Å². The van der Waals surface area contributed by atoms with Crippen LogP contribution in [0.3, 0.4) is 0 Å². The minimum atomic E-state index is -1.16. The van der Waals surface area contributed by atoms with Crippen molar-refractivity contribution in [1.82, 2.24) is 4.98 Å². The highest BCUT2D eigenvalue weighted by Crippen LogP contribution is 2.43. The van der Waals surface area contributed by atoms with Crippen molar-refractivity contribution in [2.75, 3.05) is 17.6 Å². The van der Waals surface area contributed by atoms with Gasteiger partial charge in [-0.3, -0.25) is 4.79 Å². The molecule has 0 fully saturated rings. The Morgan fingerprint density at radius 1 is 1.42 bits per heavy atom. The Morgan fingerprint density at radius 3 is 2.65 bits per heavy atom. The Hall–Kier alpha value is -1.77. The lowest BCUT2D eigenvalue weighted by molar-refractivity contribution is -0.134. The number of nitrogen functional groups attached to an aromatic ring is 1. The van der Waals surface area contributed by atoms with Crippen LogP contribution in [0.5, 0.6) is 11.5 Å². The summed E-state index contributed by atoms with van der Waals surface area (Å²) in [5, 5.41) is 10.6. The minimum Gasteiger partial charge on any atom is -0.480 e. The predicted molar refractivity (Wildman–Crippen MR) is 103 cm³/mol. The number of nitrogens with two attached hydrogens (primary N) is 1. The maximum absolute atomic E-state index is 14.0. The summed E-state index contributed by atoms with van der Waals surface area (Å²) in [5.41, 5.74) is 7.42. The molecule has 26 heavy (non-hydrogen) atoms. The van der Waals surface area contributed by atoms with E-state index in [-0.39, 0.29) is 22.5 Å². The Morgan fingerprint density at radius 2 is 2.08 bits per heavy atom. The van der Waals surface area contributed by atoms with Gasteiger partial charge in [0.05, 0.1) is 0 Å². The maximum atomic E-state index is 14.0. The lowest BCUT2D eigenvalue weighted by Gasteiger charge is -2.16. The number of halogens is 4. The number of nitrogens with zero attached hydrogens (tertiary/aromatic N) is 1. The Bertz CT molecular complexity index is 865. The standard InChI is InChI=1S/C16H15BrCl2FN3O3/c1-6(2)8-3-7(4-9(17)13(8)21)26-14-11(18)15(20)23-16(12(14)19)22-5-10(24)25/h3-4,6H,5,21H2,1-2H3,(H,22,23)(H,24,25). The van der Waals surface area contributed by atoms with Crippen molar-refractivity contribution >= 4 is 56.6 Å². The van der Waals surface area contributed by atoms with Gasteiger partial charge in [-0.05, 0) is 39.5 Å². The van der Waals surface area contributed by atoms with Crippen molar-refractivity contribution in [2.24, 2.45) is 0 Å². The third kappa shape index (κ3) is 4.49. The molecule has 0 aliphatic rings. The molecule has 1 heterocycles. The normalized spacial score (nSPS) is 10.9. The molecule has 0 atom stereocenters. The number of carboxylic acid groups (broad SMARTS) is 1. The second kappa shape index (κ2) is 8.28. The van der Waals surface area contributed by atoms with Gasteiger partial charge in [0, 0.05) is 10.2 Å². The van der Waals surface area contributed by atoms with Crippen LogP contribution in [0.2, 0.25) is 10.0 Å². The molecule has 0 saturated carbocycles. The maximum Gasteiger partial charge on any atom is 0.322 e. The number of anilines is 2. The number of carbonyl (C=O) groups is 1. The molecule has 0 spiro atoms. The van der Waals surface area contributed by atoms with E-state index >= 15 is 0 Å². The van der Waals surface area contributed by atoms with Gasteiger partial charge in [-0.2, -0.15) is 9.37 Å². The van der Waals surface area contributed by atoms with E-state index in [0.717, 1.165) is 5.56 Å². The molecule has 1 aromatic carbocycles. The monoisotopic (exact) mass is 465 g/mol. The van der Waals surface area contributed by atoms with E-state index in [1.807, 2.05) is 13.8 Å². The van der Waals surface area contributed by atoms with Crippen LogP contribution < -0.4 is 15.8 Å². The van der Waals surface area contributed by atoms with Crippen molar-refractivity contribution in [3.8, 4) is 11.5 Å². The van der Waals surface area contributed by atoms with Crippen molar-refractivity contribution in [2.45, 2.75) is 19.8 Å². The number of nitrogens with one attached hydrogen (secondary N) is 1. The van der Waals surface area contributed by atoms with Crippen LogP contribution >= 0.6 is 39.1 Å². The van der Waals surface area contributed by atoms with Crippen LogP contribution in [0.4, 0.5) is 15.9 Å². The molecular formula is C16H15BrCl2FN3O3. The molecule has 10 heteroatoms. The quantitative estimate of drug-likeness (QED) is 0.395. The van der Waals surface area contributed by atoms with Crippen LogP contribution in [0.25, 0.3) is 0 Å². The van der Waals surface area contributed by atoms with Crippen LogP contribution in [-0.4, -0.2) is 22.6 Å². The smallest absolute Gasteiger partial charge is 0.322 e. The van der Waals surface area contributed by atoms with E-state index in [1.54, 1.807) is 12.1 Å². The number of hydrogen-bond donors (Lipinski definition) is 3. The molecule has 140 valence electrons. The average molecular weight is 467 g/mol. The zero-order chi connectivity index (χ0) is 19.6. The van der Waals surface area contributed by atoms with Gasteiger partial charge in [-0.15, -0.1) is 0 Å². The SMILES string of the molecule is CC(C)c1cc(Oc2c(Cl)c(F)nc(NCC(=O)O)c2Cl)cc(Br)c1N. The first kappa shape index (κ1) is 20.5. The summed E-state index contributed by atoms with van der Waals surface area (Å²) >= 11 is 15.4. The summed E-state index contributed by atoms with van der Waals surface area (Å²) in [6.45, 7) is 3.42. The summed E-state index contributed by atoms with van der Waals surface area (Å²) in [5.74, 6) is -2.14. The van der Waals surface area contributed by atoms with E-state index in [0.29, 0.717) is 15.9 Å². The fourth-order valence-electron chi connectivity index (χ4n) is 2.13. The van der Waals surface area contributed by atoms with E-state index < -0.39 is 23.5 Å². The number of ether oxygens (including phenoxy) is 1. The Kier molecular flexibility index (Phi) is 6.54. The molecule has 0 aliphatic heterocycles. The minimum absolute atomic E-state index is 0.114. The van der Waals surface area contributed by atoms with E-state index in [1.165, 1.54) is 0 Å². The molecule has 0 unspecified atom stereocenters. The first-order valence-electron chi connectivity index (χ1n) is 7.38. The molecular weight excluding hydrogens is 452 g/mol. The molecule has 0 bridgehead atoms. The lowest BCUT2D eigenvalue weighted by atomic mass is 10.0. The number of benzene rings is 1. The zero-order valence-corrected chi connectivity index (χ0v) is 16.8. The largest absolute Gasteiger partial charge is 0.480 e. The summed E-state index contributed by atoms with van der Waals surface area (Å²) < 4.78 is 20.3. The second-order valence-electron chi connectivity index (χ2n) is 5.62. The van der Waals surface area contributed by atoms with Gasteiger partial charge in [-0.25, -0.2) is 0 Å². The molecule has 6 nitrogen and oxygen atoms in total. The predicted octanol–water partition coefficient (Wildman–Crippen LogP) is 5.28. The van der Waals surface area contributed by atoms with E-state index in [4.69, 9.17) is 38.8 Å². The third-order valence-corrected chi connectivity index (χ3v) is 4.72. The summed E-state index contributed by atoms with van der Waals surface area (Å²) in [6, 6.07) is 3.29. The lowest BCUT2D eigenvalue weighted by Crippen LogP contribution is -2.14. The molecule has 1 aromatic heterocycles. The average Bonchev–Trinajstić information content (AvgIpc) is 2.56. The Balaban J connectivity index is 2.48. The zero-order valence-electron chi connectivity index (χ0n) is 13.7. The van der Waals surface area contributed by atoms with Crippen LogP contribution in [-0.2, 0) is 4.79 Å². The number of pyridine rings is 1. The summed E-state index contributed by atoms with van der Waals surface area (Å²) in [7, 11) is 0. The fourth-order valence-corrected chi connectivity index (χ4v) is 3.05. The van der Waals surface area contributed by atoms with Crippen LogP contribution in [0.1, 0.15) is 25.3 Å². The highest BCUT2D eigenvalue weighted by molar-refractivity contribution is 9.10. The summed E-state index contributed by atoms with van der Waals surface area (Å²) in [4.78, 5) is 14.2. The highest BCUT2D eigenvalue weighted by atomic mass is 79.9. The van der Waals surface area contributed by atoms with Gasteiger partial charge in [0.15, 0.2) is 11.6 Å². The molecule has 2 aromatic rings. The molecule has 0 aliphatic carbocycles. The van der Waals surface area contributed by atoms with Gasteiger partial charge in [-0.1, -0.05) is 37.0 Å². The first-order valence-corrected chi connectivity index (χ1v) is 8.93. The number of rotatable bonds is 6. The number of aliphatic carboxylic acids is 1. The topological polar surface area (TPSA) is 97.5 Å². The van der Waals surface area contributed by atoms with Gasteiger partial charge in [0.2, 0.25) is 5.95 Å². The van der Waals surface area contributed by atoms with E-state index in [2.05, 4.69) is 26.2 Å². The second-order valence-corrected chi connectivity index (χ2v) is 7.23. The number of carboxylic acids is 1. The van der Waals surface area contributed by atoms with E-state index in [9.17, 15) is 9.18 Å². The van der Waals surface area contributed by atoms with Crippen molar-refractivity contribution < 1.29 is 19.0 Å². The van der Waals surface area contributed by atoms with Crippen LogP contribution in [0.15, 0.2) is 16.6 Å². The van der Waals surface area contributed by atoms with Crippen molar-refractivity contribution in [3.05, 3.63) is 38.2 Å². The van der Waals surface area contributed by atoms with Gasteiger partial charge in [0.1, 0.15) is 22.3 Å². The van der Waals surface area contributed by atoms with Crippen LogP contribution in [0, 0.1) is 5.95 Å². The highest BCUT2D eigenvalue weighted by Gasteiger charge is 2.21. The molecule has 4 N–H and O–H groups in total. The fraction of sp³-hybridized carbons (Fsp3) is 0.250. The summed E-state index contributed by atoms with van der Waals surface area (Å²) in [6.07, 6.45) is 0. The molecule has 2 rings (SSSR count). The van der Waals surface area contributed by atoms with Gasteiger partial charge < -0.3 is 20.9 Å². The molecule has 0 amide bonds. The van der Waals surface area contributed by atoms with Crippen molar-refractivity contribution in [1.29, 1.82) is 0 Å². The Labute approximate surface area is 167 Å². The molecule has 0 saturated heterocycles. The first-order chi connectivity index (χ1) is 12.1. The number of hydrogen-bond acceptors (Lipinski definition) is 5. The number of aromatic nitrogens is 1. The van der Waals surface area contributed by atoms with Gasteiger partial charge in [0.25, 0.3) is 0 Å². The van der Waals surface area contributed by atoms with Gasteiger partial charge >= 0.3 is 5.97 Å². The third-order valence-electron chi connectivity index (χ3n) is 3.38. The molecule has 0 radical (unpaired) electrons.